The minimum Gasteiger partial charge on any atom is -0.332 e. The Morgan fingerprint density at radius 3 is 2.63 bits per heavy atom. The molecule has 0 spiro atoms. The second kappa shape index (κ2) is 7.15. The Kier molecular flexibility index (Phi) is 4.54. The van der Waals surface area contributed by atoms with Crippen LogP contribution in [-0.4, -0.2) is 32.9 Å². The normalized spacial score (nSPS) is 16.0. The Balaban J connectivity index is 1.74. The van der Waals surface area contributed by atoms with E-state index in [0.29, 0.717) is 23.8 Å². The van der Waals surface area contributed by atoms with Crippen LogP contribution in [0.4, 0.5) is 5.95 Å². The van der Waals surface area contributed by atoms with Gasteiger partial charge in [-0.05, 0) is 25.5 Å². The molecule has 1 aliphatic rings. The number of rotatable bonds is 4. The molecule has 3 heterocycles. The summed E-state index contributed by atoms with van der Waals surface area (Å²) in [6.07, 6.45) is 4.14. The fourth-order valence-electron chi connectivity index (χ4n) is 3.36. The van der Waals surface area contributed by atoms with Crippen LogP contribution >= 0.6 is 0 Å². The number of fused-ring (bicyclic) bond motifs is 1. The van der Waals surface area contributed by atoms with Crippen molar-refractivity contribution in [2.45, 2.75) is 25.9 Å². The zero-order valence-corrected chi connectivity index (χ0v) is 15.1. The van der Waals surface area contributed by atoms with Crippen LogP contribution in [0.2, 0.25) is 0 Å². The summed E-state index contributed by atoms with van der Waals surface area (Å²) in [6, 6.07) is 14.5. The summed E-state index contributed by atoms with van der Waals surface area (Å²) in [5.74, 6) is 0.566. The molecule has 0 radical (unpaired) electrons. The van der Waals surface area contributed by atoms with E-state index in [9.17, 15) is 9.59 Å². The lowest BCUT2D eigenvalue weighted by atomic mass is 10.1. The summed E-state index contributed by atoms with van der Waals surface area (Å²) in [5.41, 5.74) is 1.99. The molecule has 4 rings (SSSR count). The molecule has 1 unspecified atom stereocenters. The van der Waals surface area contributed by atoms with E-state index in [2.05, 4.69) is 11.9 Å². The van der Waals surface area contributed by atoms with Gasteiger partial charge in [-0.15, -0.1) is 0 Å². The first-order valence-corrected chi connectivity index (χ1v) is 9.00. The number of benzene rings is 1. The number of carbonyl (C=O) groups excluding carboxylic acids is 1. The standard InChI is InChI=1S/C21H20N4O2/c1-15-9-12-24-20(27)13-18(16-7-10-22-11-8-16)23-21(24)25(15)14-19(26)17-5-3-2-4-6-17/h2-8,10-11,13,15H,9,12,14H2,1H3. The van der Waals surface area contributed by atoms with Crippen molar-refractivity contribution in [2.24, 2.45) is 0 Å². The molecule has 0 saturated heterocycles. The van der Waals surface area contributed by atoms with E-state index < -0.39 is 0 Å². The molecule has 27 heavy (non-hydrogen) atoms. The molecular formula is C21H20N4O2. The molecule has 1 aliphatic heterocycles. The van der Waals surface area contributed by atoms with Gasteiger partial charge in [0.2, 0.25) is 5.95 Å². The van der Waals surface area contributed by atoms with Crippen molar-refractivity contribution in [3.63, 3.8) is 0 Å². The van der Waals surface area contributed by atoms with Crippen LogP contribution in [0.25, 0.3) is 11.3 Å². The highest BCUT2D eigenvalue weighted by Gasteiger charge is 2.28. The van der Waals surface area contributed by atoms with E-state index in [-0.39, 0.29) is 23.9 Å². The van der Waals surface area contributed by atoms with Crippen molar-refractivity contribution in [3.05, 3.63) is 76.8 Å². The van der Waals surface area contributed by atoms with Crippen LogP contribution < -0.4 is 10.5 Å². The van der Waals surface area contributed by atoms with Crippen LogP contribution in [-0.2, 0) is 6.54 Å². The molecular weight excluding hydrogens is 340 g/mol. The van der Waals surface area contributed by atoms with Gasteiger partial charge in [-0.1, -0.05) is 30.3 Å². The van der Waals surface area contributed by atoms with Crippen molar-refractivity contribution in [1.82, 2.24) is 14.5 Å². The number of anilines is 1. The average Bonchev–Trinajstić information content (AvgIpc) is 2.71. The zero-order valence-electron chi connectivity index (χ0n) is 15.1. The van der Waals surface area contributed by atoms with Gasteiger partial charge >= 0.3 is 0 Å². The molecule has 0 bridgehead atoms. The molecule has 0 aliphatic carbocycles. The number of nitrogens with zero attached hydrogens (tertiary/aromatic N) is 4. The first-order valence-electron chi connectivity index (χ1n) is 9.00. The van der Waals surface area contributed by atoms with Crippen LogP contribution in [0.1, 0.15) is 23.7 Å². The van der Waals surface area contributed by atoms with Gasteiger partial charge in [-0.2, -0.15) is 0 Å². The third-order valence-corrected chi connectivity index (χ3v) is 4.93. The van der Waals surface area contributed by atoms with Crippen LogP contribution in [0.5, 0.6) is 0 Å². The monoisotopic (exact) mass is 360 g/mol. The highest BCUT2D eigenvalue weighted by Crippen LogP contribution is 2.25. The molecule has 6 nitrogen and oxygen atoms in total. The molecule has 3 aromatic rings. The number of aromatic nitrogens is 3. The summed E-state index contributed by atoms with van der Waals surface area (Å²) in [6.45, 7) is 2.86. The van der Waals surface area contributed by atoms with Gasteiger partial charge in [-0.3, -0.25) is 19.1 Å². The van der Waals surface area contributed by atoms with Crippen molar-refractivity contribution in [1.29, 1.82) is 0 Å². The number of ketones is 1. The second-order valence-corrected chi connectivity index (χ2v) is 6.72. The Morgan fingerprint density at radius 1 is 1.15 bits per heavy atom. The third kappa shape index (κ3) is 3.38. The second-order valence-electron chi connectivity index (χ2n) is 6.72. The number of hydrogen-bond donors (Lipinski definition) is 0. The maximum Gasteiger partial charge on any atom is 0.255 e. The van der Waals surface area contributed by atoms with Gasteiger partial charge < -0.3 is 4.90 Å². The van der Waals surface area contributed by atoms with Crippen molar-refractivity contribution in [2.75, 3.05) is 11.4 Å². The van der Waals surface area contributed by atoms with E-state index in [1.807, 2.05) is 47.4 Å². The Bertz CT molecular complexity index is 1020. The summed E-state index contributed by atoms with van der Waals surface area (Å²) < 4.78 is 1.66. The van der Waals surface area contributed by atoms with Crippen molar-refractivity contribution < 1.29 is 4.79 Å². The Labute approximate surface area is 157 Å². The molecule has 1 aromatic carbocycles. The minimum atomic E-state index is -0.101. The summed E-state index contributed by atoms with van der Waals surface area (Å²) >= 11 is 0. The van der Waals surface area contributed by atoms with E-state index in [1.54, 1.807) is 23.0 Å². The van der Waals surface area contributed by atoms with Crippen molar-refractivity contribution in [3.8, 4) is 11.3 Å². The lowest BCUT2D eigenvalue weighted by Crippen LogP contribution is -2.46. The smallest absolute Gasteiger partial charge is 0.255 e. The zero-order chi connectivity index (χ0) is 18.8. The molecule has 2 aromatic heterocycles. The third-order valence-electron chi connectivity index (χ3n) is 4.93. The fourth-order valence-corrected chi connectivity index (χ4v) is 3.36. The quantitative estimate of drug-likeness (QED) is 0.669. The highest BCUT2D eigenvalue weighted by atomic mass is 16.1. The van der Waals surface area contributed by atoms with Gasteiger partial charge in [0.05, 0.1) is 12.2 Å². The molecule has 6 heteroatoms. The van der Waals surface area contributed by atoms with Gasteiger partial charge in [0, 0.05) is 42.2 Å². The minimum absolute atomic E-state index is 0.0134. The van der Waals surface area contributed by atoms with E-state index in [4.69, 9.17) is 4.98 Å². The molecule has 0 amide bonds. The maximum atomic E-state index is 12.7. The Hall–Kier alpha value is -3.28. The summed E-state index contributed by atoms with van der Waals surface area (Å²) in [7, 11) is 0. The number of pyridine rings is 1. The predicted octanol–water partition coefficient (Wildman–Crippen LogP) is 2.79. The predicted molar refractivity (Wildman–Crippen MR) is 104 cm³/mol. The topological polar surface area (TPSA) is 68.1 Å². The van der Waals surface area contributed by atoms with Crippen LogP contribution in [0, 0.1) is 0 Å². The summed E-state index contributed by atoms with van der Waals surface area (Å²) in [4.78, 5) is 36.1. The van der Waals surface area contributed by atoms with Crippen LogP contribution in [0.15, 0.2) is 65.7 Å². The molecule has 136 valence electrons. The summed E-state index contributed by atoms with van der Waals surface area (Å²) in [5, 5.41) is 0. The van der Waals surface area contributed by atoms with Gasteiger partial charge in [0.15, 0.2) is 5.78 Å². The first-order chi connectivity index (χ1) is 13.1. The van der Waals surface area contributed by atoms with Crippen molar-refractivity contribution >= 4 is 11.7 Å². The van der Waals surface area contributed by atoms with E-state index in [0.717, 1.165) is 12.0 Å². The molecule has 1 atom stereocenters. The SMILES string of the molecule is CC1CCn2c(nc(-c3ccncc3)cc2=O)N1CC(=O)c1ccccc1. The fraction of sp³-hybridized carbons (Fsp3) is 0.238. The number of carbonyl (C=O) groups is 1. The number of hydrogen-bond acceptors (Lipinski definition) is 5. The van der Waals surface area contributed by atoms with E-state index >= 15 is 0 Å². The lowest BCUT2D eigenvalue weighted by Gasteiger charge is -2.36. The van der Waals surface area contributed by atoms with Crippen LogP contribution in [0.3, 0.4) is 0 Å². The van der Waals surface area contributed by atoms with E-state index in [1.165, 1.54) is 0 Å². The highest BCUT2D eigenvalue weighted by molar-refractivity contribution is 5.99. The maximum absolute atomic E-state index is 12.7. The van der Waals surface area contributed by atoms with Gasteiger partial charge in [0.1, 0.15) is 0 Å². The van der Waals surface area contributed by atoms with Gasteiger partial charge in [0.25, 0.3) is 5.56 Å². The first kappa shape index (κ1) is 17.1. The Morgan fingerprint density at radius 2 is 1.89 bits per heavy atom. The molecule has 0 N–H and O–H groups in total. The lowest BCUT2D eigenvalue weighted by molar-refractivity contribution is 0.0994. The number of Topliss-reactive ketones (excluding diaryl/α,β-unsaturated/α-hetero) is 1. The largest absolute Gasteiger partial charge is 0.332 e. The van der Waals surface area contributed by atoms with Gasteiger partial charge in [-0.25, -0.2) is 4.98 Å². The molecule has 0 saturated carbocycles. The average molecular weight is 360 g/mol. The molecule has 0 fully saturated rings.